The van der Waals surface area contributed by atoms with Gasteiger partial charge in [0.2, 0.25) is 5.91 Å². The summed E-state index contributed by atoms with van der Waals surface area (Å²) in [5, 5.41) is 0. The Balaban J connectivity index is 2.87. The second-order valence-electron chi connectivity index (χ2n) is 2.92. The van der Waals surface area contributed by atoms with Gasteiger partial charge in [0, 0.05) is 18.1 Å². The van der Waals surface area contributed by atoms with Crippen LogP contribution in [0.3, 0.4) is 0 Å². The van der Waals surface area contributed by atoms with Crippen molar-refractivity contribution in [3.8, 4) is 0 Å². The summed E-state index contributed by atoms with van der Waals surface area (Å²) in [6, 6.07) is 3.03. The fourth-order valence-electron chi connectivity index (χ4n) is 1.05. The van der Waals surface area contributed by atoms with E-state index >= 15 is 0 Å². The van der Waals surface area contributed by atoms with Gasteiger partial charge in [0.05, 0.1) is 0 Å². The summed E-state index contributed by atoms with van der Waals surface area (Å²) in [5.41, 5.74) is 5.39. The molecule has 0 saturated heterocycles. The van der Waals surface area contributed by atoms with Gasteiger partial charge in [0.25, 0.3) is 0 Å². The summed E-state index contributed by atoms with van der Waals surface area (Å²) < 4.78 is 25.4. The van der Waals surface area contributed by atoms with Crippen LogP contribution in [0.1, 0.15) is 5.56 Å². The van der Waals surface area contributed by atoms with E-state index in [9.17, 15) is 13.6 Å². The van der Waals surface area contributed by atoms with Gasteiger partial charge in [-0.15, -0.1) is 0 Å². The highest BCUT2D eigenvalue weighted by Gasteiger charge is 2.05. The highest BCUT2D eigenvalue weighted by atomic mass is 19.1. The van der Waals surface area contributed by atoms with E-state index in [1.54, 1.807) is 0 Å². The molecule has 0 heterocycles. The second kappa shape index (κ2) is 4.00. The van der Waals surface area contributed by atoms with Crippen LogP contribution in [-0.2, 0) is 11.2 Å². The molecule has 1 aromatic rings. The Kier molecular flexibility index (Phi) is 2.96. The molecule has 2 N–H and O–H groups in total. The molecular formula is C10H9F2NO. The Morgan fingerprint density at radius 2 is 1.79 bits per heavy atom. The molecule has 1 rings (SSSR count). The Hall–Kier alpha value is -1.71. The quantitative estimate of drug-likeness (QED) is 0.734. The molecule has 0 aliphatic carbocycles. The number of hydrogen-bond acceptors (Lipinski definition) is 1. The molecule has 14 heavy (non-hydrogen) atoms. The van der Waals surface area contributed by atoms with Crippen molar-refractivity contribution in [3.63, 3.8) is 0 Å². The van der Waals surface area contributed by atoms with Crippen molar-refractivity contribution in [1.82, 2.24) is 0 Å². The first-order valence-corrected chi connectivity index (χ1v) is 3.91. The Morgan fingerprint density at radius 3 is 2.21 bits per heavy atom. The molecule has 0 atom stereocenters. The first-order valence-electron chi connectivity index (χ1n) is 3.91. The van der Waals surface area contributed by atoms with E-state index in [0.29, 0.717) is 5.56 Å². The van der Waals surface area contributed by atoms with Crippen LogP contribution in [-0.4, -0.2) is 5.91 Å². The minimum absolute atomic E-state index is 0.0595. The molecule has 0 aliphatic rings. The predicted octanol–water partition coefficient (Wildman–Crippen LogP) is 1.55. The lowest BCUT2D eigenvalue weighted by Crippen LogP contribution is -2.14. The summed E-state index contributed by atoms with van der Waals surface area (Å²) in [5.74, 6) is -2.04. The second-order valence-corrected chi connectivity index (χ2v) is 2.92. The topological polar surface area (TPSA) is 43.1 Å². The number of carbonyl (C=O) groups is 1. The van der Waals surface area contributed by atoms with Gasteiger partial charge in [-0.25, -0.2) is 8.78 Å². The largest absolute Gasteiger partial charge is 0.366 e. The van der Waals surface area contributed by atoms with E-state index < -0.39 is 17.5 Å². The van der Waals surface area contributed by atoms with Gasteiger partial charge in [-0.05, 0) is 17.7 Å². The van der Waals surface area contributed by atoms with Crippen molar-refractivity contribution < 1.29 is 13.6 Å². The number of hydrogen-bond donors (Lipinski definition) is 1. The number of rotatable bonds is 3. The summed E-state index contributed by atoms with van der Waals surface area (Å²) in [7, 11) is 0. The maximum absolute atomic E-state index is 12.7. The summed E-state index contributed by atoms with van der Waals surface area (Å²) >= 11 is 0. The van der Waals surface area contributed by atoms with Gasteiger partial charge in [-0.2, -0.15) is 0 Å². The third kappa shape index (κ3) is 2.65. The Morgan fingerprint density at radius 1 is 1.29 bits per heavy atom. The van der Waals surface area contributed by atoms with Crippen molar-refractivity contribution in [2.45, 2.75) is 6.42 Å². The first kappa shape index (κ1) is 10.4. The van der Waals surface area contributed by atoms with Crippen molar-refractivity contribution in [3.05, 3.63) is 47.5 Å². The first-order chi connectivity index (χ1) is 6.49. The van der Waals surface area contributed by atoms with Crippen molar-refractivity contribution in [1.29, 1.82) is 0 Å². The van der Waals surface area contributed by atoms with Crippen LogP contribution >= 0.6 is 0 Å². The van der Waals surface area contributed by atoms with Crippen LogP contribution in [0.5, 0.6) is 0 Å². The lowest BCUT2D eigenvalue weighted by molar-refractivity contribution is -0.114. The number of carbonyl (C=O) groups excluding carboxylic acids is 1. The van der Waals surface area contributed by atoms with E-state index in [1.165, 1.54) is 0 Å². The van der Waals surface area contributed by atoms with Crippen LogP contribution in [0.25, 0.3) is 0 Å². The van der Waals surface area contributed by atoms with Gasteiger partial charge < -0.3 is 5.73 Å². The van der Waals surface area contributed by atoms with E-state index in [0.717, 1.165) is 18.2 Å². The predicted molar refractivity (Wildman–Crippen MR) is 48.4 cm³/mol. The van der Waals surface area contributed by atoms with Gasteiger partial charge >= 0.3 is 0 Å². The van der Waals surface area contributed by atoms with Crippen LogP contribution in [0.2, 0.25) is 0 Å². The fraction of sp³-hybridized carbons (Fsp3) is 0.100. The van der Waals surface area contributed by atoms with E-state index in [4.69, 9.17) is 5.73 Å². The van der Waals surface area contributed by atoms with Gasteiger partial charge in [0.1, 0.15) is 11.6 Å². The monoisotopic (exact) mass is 197 g/mol. The van der Waals surface area contributed by atoms with Crippen molar-refractivity contribution in [2.75, 3.05) is 0 Å². The van der Waals surface area contributed by atoms with Crippen molar-refractivity contribution >= 4 is 5.91 Å². The lowest BCUT2D eigenvalue weighted by Gasteiger charge is -2.02. The van der Waals surface area contributed by atoms with E-state index in [1.807, 2.05) is 0 Å². The third-order valence-electron chi connectivity index (χ3n) is 1.69. The molecule has 0 bridgehead atoms. The average Bonchev–Trinajstić information content (AvgIpc) is 2.01. The van der Waals surface area contributed by atoms with E-state index in [-0.39, 0.29) is 12.0 Å². The van der Waals surface area contributed by atoms with Gasteiger partial charge in [0.15, 0.2) is 0 Å². The molecule has 0 spiro atoms. The smallest absolute Gasteiger partial charge is 0.244 e. The zero-order valence-corrected chi connectivity index (χ0v) is 7.39. The fourth-order valence-corrected chi connectivity index (χ4v) is 1.05. The third-order valence-corrected chi connectivity index (χ3v) is 1.69. The van der Waals surface area contributed by atoms with Crippen LogP contribution in [0.15, 0.2) is 30.4 Å². The molecule has 0 fully saturated rings. The molecule has 1 aromatic carbocycles. The molecule has 1 amide bonds. The number of halogens is 2. The van der Waals surface area contributed by atoms with Gasteiger partial charge in [-0.3, -0.25) is 4.79 Å². The van der Waals surface area contributed by atoms with Gasteiger partial charge in [-0.1, -0.05) is 6.58 Å². The van der Waals surface area contributed by atoms with E-state index in [2.05, 4.69) is 6.58 Å². The molecular weight excluding hydrogens is 188 g/mol. The Labute approximate surface area is 80.0 Å². The molecule has 2 nitrogen and oxygen atoms in total. The average molecular weight is 197 g/mol. The maximum Gasteiger partial charge on any atom is 0.244 e. The highest BCUT2D eigenvalue weighted by Crippen LogP contribution is 2.11. The minimum atomic E-state index is -0.683. The van der Waals surface area contributed by atoms with Crippen molar-refractivity contribution in [2.24, 2.45) is 5.73 Å². The normalized spacial score (nSPS) is 9.86. The van der Waals surface area contributed by atoms with Crippen LogP contribution < -0.4 is 5.73 Å². The number of amides is 1. The number of benzene rings is 1. The molecule has 0 radical (unpaired) electrons. The molecule has 0 saturated carbocycles. The molecule has 0 unspecified atom stereocenters. The summed E-state index contributed by atoms with van der Waals surface area (Å²) in [6.07, 6.45) is 0.0595. The minimum Gasteiger partial charge on any atom is -0.366 e. The zero-order valence-electron chi connectivity index (χ0n) is 7.39. The molecule has 0 aromatic heterocycles. The molecule has 4 heteroatoms. The molecule has 0 aliphatic heterocycles. The number of primary amides is 1. The molecule has 74 valence electrons. The zero-order chi connectivity index (χ0) is 10.7. The Bertz CT molecular complexity index is 367. The number of nitrogens with two attached hydrogens (primary N) is 1. The summed E-state index contributed by atoms with van der Waals surface area (Å²) in [6.45, 7) is 3.39. The summed E-state index contributed by atoms with van der Waals surface area (Å²) in [4.78, 5) is 10.6. The SMILES string of the molecule is C=C(Cc1cc(F)cc(F)c1)C(N)=O. The lowest BCUT2D eigenvalue weighted by atomic mass is 10.1. The van der Waals surface area contributed by atoms with Crippen LogP contribution in [0, 0.1) is 11.6 Å². The maximum atomic E-state index is 12.7. The highest BCUT2D eigenvalue weighted by molar-refractivity contribution is 5.91. The standard InChI is InChI=1S/C10H9F2NO/c1-6(10(13)14)2-7-3-8(11)5-9(12)4-7/h3-5H,1-2H2,(H2,13,14). The van der Waals surface area contributed by atoms with Crippen LogP contribution in [0.4, 0.5) is 8.78 Å².